The standard InChI is InChI=1S/C12H9N3O3/c1-17-12(16)9-7-8(10-3-2-6-18-10)14-11-4-5-13-15(9)11/h2-7H,1H3. The van der Waals surface area contributed by atoms with Crippen LogP contribution in [0, 0.1) is 0 Å². The fourth-order valence-electron chi connectivity index (χ4n) is 1.71. The Hall–Kier alpha value is -2.63. The molecule has 0 aliphatic rings. The molecule has 3 rings (SSSR count). The number of carbonyl (C=O) groups is 1. The van der Waals surface area contributed by atoms with Crippen molar-refractivity contribution in [1.82, 2.24) is 14.6 Å². The topological polar surface area (TPSA) is 69.6 Å². The second kappa shape index (κ2) is 3.99. The Balaban J connectivity index is 2.26. The number of aromatic nitrogens is 3. The lowest BCUT2D eigenvalue weighted by Crippen LogP contribution is -2.10. The number of carbonyl (C=O) groups excluding carboxylic acids is 1. The van der Waals surface area contributed by atoms with E-state index in [4.69, 9.17) is 9.15 Å². The summed E-state index contributed by atoms with van der Waals surface area (Å²) in [6.07, 6.45) is 3.12. The number of methoxy groups -OCH3 is 1. The Labute approximate surface area is 102 Å². The molecule has 18 heavy (non-hydrogen) atoms. The predicted octanol–water partition coefficient (Wildman–Crippen LogP) is 1.78. The molecule has 0 aliphatic carbocycles. The molecule has 3 aromatic rings. The summed E-state index contributed by atoms with van der Waals surface area (Å²) in [6.45, 7) is 0. The molecule has 0 N–H and O–H groups in total. The van der Waals surface area contributed by atoms with Gasteiger partial charge in [-0.1, -0.05) is 0 Å². The number of furan rings is 1. The van der Waals surface area contributed by atoms with E-state index in [-0.39, 0.29) is 0 Å². The van der Waals surface area contributed by atoms with Crippen LogP contribution in [0.25, 0.3) is 17.1 Å². The molecular formula is C12H9N3O3. The number of ether oxygens (including phenoxy) is 1. The lowest BCUT2D eigenvalue weighted by atomic mass is 10.2. The molecule has 0 saturated heterocycles. The van der Waals surface area contributed by atoms with Crippen LogP contribution in [0.2, 0.25) is 0 Å². The number of nitrogens with zero attached hydrogens (tertiary/aromatic N) is 3. The van der Waals surface area contributed by atoms with Crippen LogP contribution in [-0.2, 0) is 4.74 Å². The van der Waals surface area contributed by atoms with Gasteiger partial charge in [-0.05, 0) is 12.1 Å². The molecule has 0 bridgehead atoms. The van der Waals surface area contributed by atoms with Gasteiger partial charge in [0.25, 0.3) is 0 Å². The van der Waals surface area contributed by atoms with Crippen LogP contribution in [0.5, 0.6) is 0 Å². The van der Waals surface area contributed by atoms with Gasteiger partial charge in [-0.3, -0.25) is 0 Å². The third kappa shape index (κ3) is 1.55. The SMILES string of the molecule is COC(=O)c1cc(-c2ccco2)nc2ccnn12. The molecule has 6 heteroatoms. The van der Waals surface area contributed by atoms with Gasteiger partial charge in [0.05, 0.1) is 19.6 Å². The third-order valence-electron chi connectivity index (χ3n) is 2.53. The average molecular weight is 243 g/mol. The summed E-state index contributed by atoms with van der Waals surface area (Å²) in [6, 6.07) is 6.83. The Kier molecular flexibility index (Phi) is 2.33. The van der Waals surface area contributed by atoms with Crippen LogP contribution in [-0.4, -0.2) is 27.7 Å². The lowest BCUT2D eigenvalue weighted by molar-refractivity contribution is 0.0590. The molecule has 0 saturated carbocycles. The first-order valence-electron chi connectivity index (χ1n) is 5.26. The highest BCUT2D eigenvalue weighted by Crippen LogP contribution is 2.20. The first kappa shape index (κ1) is 10.5. The maximum Gasteiger partial charge on any atom is 0.356 e. The van der Waals surface area contributed by atoms with E-state index < -0.39 is 5.97 Å². The van der Waals surface area contributed by atoms with Gasteiger partial charge in [-0.15, -0.1) is 0 Å². The first-order valence-corrected chi connectivity index (χ1v) is 5.26. The maximum absolute atomic E-state index is 11.7. The van der Waals surface area contributed by atoms with Gasteiger partial charge >= 0.3 is 5.97 Å². The molecule has 0 radical (unpaired) electrons. The first-order chi connectivity index (χ1) is 8.79. The van der Waals surface area contributed by atoms with Gasteiger partial charge in [-0.25, -0.2) is 14.3 Å². The highest BCUT2D eigenvalue weighted by atomic mass is 16.5. The van der Waals surface area contributed by atoms with Gasteiger partial charge < -0.3 is 9.15 Å². The highest BCUT2D eigenvalue weighted by Gasteiger charge is 2.15. The quantitative estimate of drug-likeness (QED) is 0.641. The maximum atomic E-state index is 11.7. The van der Waals surface area contributed by atoms with Crippen LogP contribution in [0.15, 0.2) is 41.1 Å². The highest BCUT2D eigenvalue weighted by molar-refractivity contribution is 5.89. The summed E-state index contributed by atoms with van der Waals surface area (Å²) in [4.78, 5) is 16.1. The van der Waals surface area contributed by atoms with E-state index in [2.05, 4.69) is 10.1 Å². The van der Waals surface area contributed by atoms with Crippen LogP contribution in [0.1, 0.15) is 10.5 Å². The molecule has 0 spiro atoms. The zero-order valence-electron chi connectivity index (χ0n) is 9.53. The van der Waals surface area contributed by atoms with E-state index in [9.17, 15) is 4.79 Å². The Morgan fingerprint density at radius 2 is 2.33 bits per heavy atom. The molecule has 3 aromatic heterocycles. The molecule has 0 aromatic carbocycles. The van der Waals surface area contributed by atoms with Crippen molar-refractivity contribution < 1.29 is 13.9 Å². The van der Waals surface area contributed by atoms with Crippen molar-refractivity contribution in [1.29, 1.82) is 0 Å². The van der Waals surface area contributed by atoms with Gasteiger partial charge in [-0.2, -0.15) is 5.10 Å². The van der Waals surface area contributed by atoms with E-state index >= 15 is 0 Å². The number of hydrogen-bond acceptors (Lipinski definition) is 5. The Bertz CT molecular complexity index is 701. The Morgan fingerprint density at radius 3 is 3.06 bits per heavy atom. The second-order valence-corrected chi connectivity index (χ2v) is 3.60. The van der Waals surface area contributed by atoms with E-state index in [0.717, 1.165) is 0 Å². The van der Waals surface area contributed by atoms with Gasteiger partial charge in [0.1, 0.15) is 5.69 Å². The number of esters is 1. The largest absolute Gasteiger partial charge is 0.464 e. The van der Waals surface area contributed by atoms with Crippen molar-refractivity contribution in [3.8, 4) is 11.5 Å². The molecule has 3 heterocycles. The van der Waals surface area contributed by atoms with Crippen molar-refractivity contribution in [2.45, 2.75) is 0 Å². The number of hydrogen-bond donors (Lipinski definition) is 0. The smallest absolute Gasteiger partial charge is 0.356 e. The van der Waals surface area contributed by atoms with Gasteiger partial charge in [0, 0.05) is 12.1 Å². The number of rotatable bonds is 2. The minimum Gasteiger partial charge on any atom is -0.464 e. The van der Waals surface area contributed by atoms with Gasteiger partial charge in [0.15, 0.2) is 17.1 Å². The second-order valence-electron chi connectivity index (χ2n) is 3.60. The molecule has 90 valence electrons. The summed E-state index contributed by atoms with van der Waals surface area (Å²) in [5, 5.41) is 4.03. The van der Waals surface area contributed by atoms with E-state index in [1.165, 1.54) is 11.6 Å². The summed E-state index contributed by atoms with van der Waals surface area (Å²) in [5.74, 6) is 0.114. The zero-order chi connectivity index (χ0) is 12.5. The molecule has 6 nitrogen and oxygen atoms in total. The van der Waals surface area contributed by atoms with Crippen molar-refractivity contribution in [2.75, 3.05) is 7.11 Å². The monoisotopic (exact) mass is 243 g/mol. The summed E-state index contributed by atoms with van der Waals surface area (Å²) >= 11 is 0. The third-order valence-corrected chi connectivity index (χ3v) is 2.53. The molecule has 0 aliphatic heterocycles. The predicted molar refractivity (Wildman–Crippen MR) is 62.0 cm³/mol. The Morgan fingerprint density at radius 1 is 1.44 bits per heavy atom. The number of fused-ring (bicyclic) bond motifs is 1. The summed E-state index contributed by atoms with van der Waals surface area (Å²) in [5.41, 5.74) is 1.43. The van der Waals surface area contributed by atoms with Crippen LogP contribution in [0.4, 0.5) is 0 Å². The van der Waals surface area contributed by atoms with Gasteiger partial charge in [0.2, 0.25) is 0 Å². The molecule has 0 unspecified atom stereocenters. The molecule has 0 amide bonds. The fraction of sp³-hybridized carbons (Fsp3) is 0.0833. The fourth-order valence-corrected chi connectivity index (χ4v) is 1.71. The van der Waals surface area contributed by atoms with Crippen molar-refractivity contribution in [3.63, 3.8) is 0 Å². The van der Waals surface area contributed by atoms with E-state index in [0.29, 0.717) is 22.8 Å². The van der Waals surface area contributed by atoms with E-state index in [1.54, 1.807) is 36.7 Å². The normalized spacial score (nSPS) is 10.7. The van der Waals surface area contributed by atoms with Crippen LogP contribution >= 0.6 is 0 Å². The molecular weight excluding hydrogens is 234 g/mol. The summed E-state index contributed by atoms with van der Waals surface area (Å²) in [7, 11) is 1.32. The summed E-state index contributed by atoms with van der Waals surface area (Å²) < 4.78 is 11.4. The van der Waals surface area contributed by atoms with Crippen LogP contribution < -0.4 is 0 Å². The van der Waals surface area contributed by atoms with E-state index in [1.807, 2.05) is 0 Å². The minimum absolute atomic E-state index is 0.305. The zero-order valence-corrected chi connectivity index (χ0v) is 9.53. The minimum atomic E-state index is -0.473. The molecule has 0 fully saturated rings. The molecule has 0 atom stereocenters. The van der Waals surface area contributed by atoms with Crippen LogP contribution in [0.3, 0.4) is 0 Å². The average Bonchev–Trinajstić information content (AvgIpc) is 3.06. The lowest BCUT2D eigenvalue weighted by Gasteiger charge is -2.04. The van der Waals surface area contributed by atoms with Crippen molar-refractivity contribution in [3.05, 3.63) is 42.4 Å². The van der Waals surface area contributed by atoms with Crippen molar-refractivity contribution >= 4 is 11.6 Å². The van der Waals surface area contributed by atoms with Crippen molar-refractivity contribution in [2.24, 2.45) is 0 Å².